The van der Waals surface area contributed by atoms with Gasteiger partial charge in [-0.3, -0.25) is 0 Å². The highest BCUT2D eigenvalue weighted by molar-refractivity contribution is 6.26. The van der Waals surface area contributed by atoms with Crippen molar-refractivity contribution in [3.8, 4) is 33.4 Å². The summed E-state index contributed by atoms with van der Waals surface area (Å²) in [6.07, 6.45) is 0. The van der Waals surface area contributed by atoms with E-state index < -0.39 is 0 Å². The molecule has 284 valence electrons. The molecule has 0 fully saturated rings. The van der Waals surface area contributed by atoms with Crippen LogP contribution in [0.2, 0.25) is 0 Å². The topological polar surface area (TPSA) is 13.1 Å². The fourth-order valence-electron chi connectivity index (χ4n) is 10.5. The molecule has 1 nitrogen and oxygen atoms in total. The average molecular weight is 735 g/mol. The minimum atomic E-state index is 0.932. The number of aryl methyl sites for hydroxylation is 4. The van der Waals surface area contributed by atoms with E-state index in [9.17, 15) is 0 Å². The second-order valence-electron chi connectivity index (χ2n) is 17.3. The Morgan fingerprint density at radius 1 is 0.268 bits per heavy atom. The lowest BCUT2D eigenvalue weighted by atomic mass is 9.73. The first-order valence-corrected chi connectivity index (χ1v) is 20.5. The van der Waals surface area contributed by atoms with Gasteiger partial charge in [0.05, 0.1) is 0 Å². The number of fused-ring (bicyclic) bond motifs is 5. The van der Waals surface area contributed by atoms with Gasteiger partial charge in [0.15, 0.2) is 0 Å². The summed E-state index contributed by atoms with van der Waals surface area (Å²) < 4.78 is 6.38. The molecule has 56 heavy (non-hydrogen) atoms. The summed E-state index contributed by atoms with van der Waals surface area (Å²) in [7, 11) is 0. The van der Waals surface area contributed by atoms with Crippen molar-refractivity contribution in [1.29, 1.82) is 0 Å². The number of para-hydroxylation sites is 1. The summed E-state index contributed by atoms with van der Waals surface area (Å²) in [5, 5.41) is 7.86. The lowest BCUT2D eigenvalue weighted by Gasteiger charge is -2.30. The molecular formula is C55H58O. The Morgan fingerprint density at radius 2 is 0.607 bits per heavy atom. The van der Waals surface area contributed by atoms with Crippen molar-refractivity contribution < 1.29 is 4.42 Å². The molecular weight excluding hydrogens is 677 g/mol. The summed E-state index contributed by atoms with van der Waals surface area (Å²) in [5.74, 6) is 0. The summed E-state index contributed by atoms with van der Waals surface area (Å²) in [6, 6.07) is 15.4. The van der Waals surface area contributed by atoms with E-state index in [0.717, 1.165) is 16.6 Å². The van der Waals surface area contributed by atoms with Gasteiger partial charge in [-0.1, -0.05) is 24.3 Å². The molecule has 0 radical (unpaired) electrons. The van der Waals surface area contributed by atoms with Crippen LogP contribution in [0.3, 0.4) is 0 Å². The first kappa shape index (κ1) is 37.8. The molecule has 1 heteroatoms. The van der Waals surface area contributed by atoms with E-state index in [-0.39, 0.29) is 0 Å². The highest BCUT2D eigenvalue weighted by atomic mass is 16.3. The zero-order chi connectivity index (χ0) is 40.6. The Kier molecular flexibility index (Phi) is 8.74. The summed E-state index contributed by atoms with van der Waals surface area (Å²) in [5.41, 5.74) is 33.6. The SMILES string of the molecule is Cc1c(C)c(C)c(-c2c(C)c(C)c(C)c(-c3c4c(C)c(C)c(C)c(C)c4c(-c4ccc5oc6ccccc6c5c4)c4c(C)c(C)c(C)c(C)c34)c2C)c(C)c1C. The van der Waals surface area contributed by atoms with Crippen LogP contribution in [0.4, 0.5) is 0 Å². The predicted molar refractivity (Wildman–Crippen MR) is 246 cm³/mol. The number of furan rings is 1. The molecule has 0 saturated heterocycles. The van der Waals surface area contributed by atoms with E-state index in [1.54, 1.807) is 0 Å². The van der Waals surface area contributed by atoms with Gasteiger partial charge in [-0.25, -0.2) is 0 Å². The second kappa shape index (κ2) is 13.0. The third kappa shape index (κ3) is 4.92. The Hall–Kier alpha value is -5.14. The van der Waals surface area contributed by atoms with Gasteiger partial charge in [-0.15, -0.1) is 0 Å². The molecule has 0 bridgehead atoms. The van der Waals surface area contributed by atoms with Crippen molar-refractivity contribution >= 4 is 43.5 Å². The van der Waals surface area contributed by atoms with E-state index in [1.807, 2.05) is 0 Å². The van der Waals surface area contributed by atoms with E-state index in [4.69, 9.17) is 4.42 Å². The van der Waals surface area contributed by atoms with Gasteiger partial charge in [-0.2, -0.15) is 0 Å². The van der Waals surface area contributed by atoms with Crippen molar-refractivity contribution in [2.45, 2.75) is 118 Å². The number of hydrogen-bond acceptors (Lipinski definition) is 1. The van der Waals surface area contributed by atoms with Gasteiger partial charge in [0, 0.05) is 10.8 Å². The van der Waals surface area contributed by atoms with Crippen LogP contribution in [-0.2, 0) is 0 Å². The predicted octanol–water partition coefficient (Wildman–Crippen LogP) is 16.1. The molecule has 7 aromatic carbocycles. The molecule has 0 unspecified atom stereocenters. The third-order valence-corrected chi connectivity index (χ3v) is 15.2. The van der Waals surface area contributed by atoms with E-state index >= 15 is 0 Å². The minimum Gasteiger partial charge on any atom is -0.456 e. The van der Waals surface area contributed by atoms with Crippen LogP contribution in [0.1, 0.15) is 94.6 Å². The Bertz CT molecular complexity index is 2950. The maximum atomic E-state index is 6.38. The first-order valence-electron chi connectivity index (χ1n) is 20.5. The van der Waals surface area contributed by atoms with Gasteiger partial charge in [0.25, 0.3) is 0 Å². The van der Waals surface area contributed by atoms with Gasteiger partial charge in [0.2, 0.25) is 0 Å². The second-order valence-corrected chi connectivity index (χ2v) is 17.3. The molecule has 0 amide bonds. The quantitative estimate of drug-likeness (QED) is 0.165. The highest BCUT2D eigenvalue weighted by Crippen LogP contribution is 2.54. The fraction of sp³-hybridized carbons (Fsp3) is 0.309. The first-order chi connectivity index (χ1) is 26.4. The van der Waals surface area contributed by atoms with Gasteiger partial charge in [0.1, 0.15) is 11.2 Å². The standard InChI is InChI=1S/C55H58O/c1-25-26(2)33(9)47(34(10)27(25)3)48-35(11)32(8)36(12)49(41(48)17)55-52-39(15)30(6)28(4)37(13)50(52)54(51-38(14)29(5)31(7)40(16)53(51)55)42-22-23-46-44(24-42)43-20-18-19-21-45(43)56-46/h18-24H,1-17H3. The van der Waals surface area contributed by atoms with Crippen LogP contribution in [0.15, 0.2) is 46.9 Å². The van der Waals surface area contributed by atoms with Crippen molar-refractivity contribution in [1.82, 2.24) is 0 Å². The Labute approximate surface area is 334 Å². The van der Waals surface area contributed by atoms with Gasteiger partial charge < -0.3 is 4.42 Å². The summed E-state index contributed by atoms with van der Waals surface area (Å²) >= 11 is 0. The third-order valence-electron chi connectivity index (χ3n) is 15.2. The van der Waals surface area contributed by atoms with Gasteiger partial charge >= 0.3 is 0 Å². The fourth-order valence-corrected chi connectivity index (χ4v) is 10.5. The molecule has 8 rings (SSSR count). The van der Waals surface area contributed by atoms with Crippen molar-refractivity contribution in [3.05, 3.63) is 137 Å². The maximum absolute atomic E-state index is 6.38. The Balaban J connectivity index is 1.68. The Morgan fingerprint density at radius 3 is 1.09 bits per heavy atom. The molecule has 1 aromatic heterocycles. The van der Waals surface area contributed by atoms with Crippen molar-refractivity contribution in [2.75, 3.05) is 0 Å². The molecule has 0 saturated carbocycles. The zero-order valence-corrected chi connectivity index (χ0v) is 36.9. The molecule has 0 atom stereocenters. The molecule has 1 heterocycles. The highest BCUT2D eigenvalue weighted by Gasteiger charge is 2.30. The van der Waals surface area contributed by atoms with Crippen LogP contribution in [0, 0.1) is 118 Å². The lowest BCUT2D eigenvalue weighted by molar-refractivity contribution is 0.669. The molecule has 0 aliphatic heterocycles. The van der Waals surface area contributed by atoms with Crippen LogP contribution in [0.5, 0.6) is 0 Å². The average Bonchev–Trinajstić information content (AvgIpc) is 3.56. The minimum absolute atomic E-state index is 0.932. The van der Waals surface area contributed by atoms with E-state index in [2.05, 4.69) is 160 Å². The molecule has 0 N–H and O–H groups in total. The largest absolute Gasteiger partial charge is 0.456 e. The molecule has 8 aromatic rings. The van der Waals surface area contributed by atoms with Crippen molar-refractivity contribution in [3.63, 3.8) is 0 Å². The van der Waals surface area contributed by atoms with Crippen LogP contribution in [0.25, 0.3) is 76.9 Å². The van der Waals surface area contributed by atoms with Crippen LogP contribution >= 0.6 is 0 Å². The van der Waals surface area contributed by atoms with Crippen LogP contribution in [-0.4, -0.2) is 0 Å². The molecule has 0 aliphatic rings. The lowest BCUT2D eigenvalue weighted by Crippen LogP contribution is -2.08. The number of benzene rings is 7. The monoisotopic (exact) mass is 734 g/mol. The number of rotatable bonds is 3. The smallest absolute Gasteiger partial charge is 0.135 e. The molecule has 0 spiro atoms. The van der Waals surface area contributed by atoms with Gasteiger partial charge in [-0.05, 0) is 285 Å². The van der Waals surface area contributed by atoms with E-state index in [1.165, 1.54) is 155 Å². The molecule has 0 aliphatic carbocycles. The zero-order valence-electron chi connectivity index (χ0n) is 36.9. The van der Waals surface area contributed by atoms with Crippen LogP contribution < -0.4 is 0 Å². The summed E-state index contributed by atoms with van der Waals surface area (Å²) in [4.78, 5) is 0. The van der Waals surface area contributed by atoms with Crippen molar-refractivity contribution in [2.24, 2.45) is 0 Å². The number of hydrogen-bond donors (Lipinski definition) is 0. The summed E-state index contributed by atoms with van der Waals surface area (Å²) in [6.45, 7) is 40.0. The normalized spacial score (nSPS) is 12.0. The van der Waals surface area contributed by atoms with E-state index in [0.29, 0.717) is 0 Å². The maximum Gasteiger partial charge on any atom is 0.135 e.